The summed E-state index contributed by atoms with van der Waals surface area (Å²) < 4.78 is 1.86. The van der Waals surface area contributed by atoms with Crippen LogP contribution in [0.15, 0.2) is 36.9 Å². The van der Waals surface area contributed by atoms with Crippen LogP contribution in [0.25, 0.3) is 0 Å². The van der Waals surface area contributed by atoms with Crippen molar-refractivity contribution in [2.75, 3.05) is 5.32 Å². The molecule has 2 N–H and O–H groups in total. The van der Waals surface area contributed by atoms with Crippen molar-refractivity contribution in [3.63, 3.8) is 0 Å². The third-order valence-corrected chi connectivity index (χ3v) is 4.16. The molecule has 2 atom stereocenters. The molecule has 2 aromatic rings. The maximum atomic E-state index is 12.3. The molecular weight excluding hydrogens is 312 g/mol. The standard InChI is InChI=1S/C15H18N6O3/c22-15(19-12-6-8-16-10-14(12)21(23)24)18-11-4-1-2-5-13(11)20-9-3-7-17-20/h3,6-11,13H,1-2,4-5H2,(H2,16,18,19,22)/t11-,13-/m0/s1. The van der Waals surface area contributed by atoms with Gasteiger partial charge in [0.2, 0.25) is 0 Å². The number of rotatable bonds is 4. The molecule has 2 amide bonds. The van der Waals surface area contributed by atoms with Gasteiger partial charge in [-0.25, -0.2) is 4.79 Å². The van der Waals surface area contributed by atoms with Crippen molar-refractivity contribution in [3.8, 4) is 0 Å². The van der Waals surface area contributed by atoms with Crippen LogP contribution in [0.5, 0.6) is 0 Å². The minimum atomic E-state index is -0.574. The molecule has 0 unspecified atom stereocenters. The second-order valence-electron chi connectivity index (χ2n) is 5.69. The van der Waals surface area contributed by atoms with Crippen molar-refractivity contribution >= 4 is 17.4 Å². The number of aromatic nitrogens is 3. The number of pyridine rings is 1. The van der Waals surface area contributed by atoms with E-state index >= 15 is 0 Å². The fourth-order valence-electron chi connectivity index (χ4n) is 3.04. The summed E-state index contributed by atoms with van der Waals surface area (Å²) in [6, 6.07) is 2.81. The normalized spacial score (nSPS) is 20.3. The van der Waals surface area contributed by atoms with E-state index in [0.29, 0.717) is 0 Å². The van der Waals surface area contributed by atoms with Crippen LogP contribution in [0, 0.1) is 10.1 Å². The molecule has 3 rings (SSSR count). The Kier molecular flexibility index (Phi) is 4.69. The van der Waals surface area contributed by atoms with Gasteiger partial charge >= 0.3 is 11.7 Å². The number of hydrogen-bond donors (Lipinski definition) is 2. The highest BCUT2D eigenvalue weighted by Crippen LogP contribution is 2.28. The Hall–Kier alpha value is -2.97. The number of nitrogens with one attached hydrogen (secondary N) is 2. The van der Waals surface area contributed by atoms with E-state index in [-0.39, 0.29) is 23.5 Å². The second-order valence-corrected chi connectivity index (χ2v) is 5.69. The van der Waals surface area contributed by atoms with E-state index < -0.39 is 11.0 Å². The van der Waals surface area contributed by atoms with Crippen LogP contribution in [-0.4, -0.2) is 31.8 Å². The van der Waals surface area contributed by atoms with E-state index in [2.05, 4.69) is 20.7 Å². The molecule has 0 aromatic carbocycles. The molecule has 126 valence electrons. The van der Waals surface area contributed by atoms with E-state index in [4.69, 9.17) is 0 Å². The van der Waals surface area contributed by atoms with Gasteiger partial charge in [0.15, 0.2) is 0 Å². The topological polar surface area (TPSA) is 115 Å². The van der Waals surface area contributed by atoms with Gasteiger partial charge in [0, 0.05) is 18.6 Å². The molecule has 2 heterocycles. The van der Waals surface area contributed by atoms with Crippen molar-refractivity contribution in [2.45, 2.75) is 37.8 Å². The first-order valence-electron chi connectivity index (χ1n) is 7.80. The average Bonchev–Trinajstić information content (AvgIpc) is 3.10. The predicted molar refractivity (Wildman–Crippen MR) is 86.6 cm³/mol. The highest BCUT2D eigenvalue weighted by atomic mass is 16.6. The van der Waals surface area contributed by atoms with Crippen LogP contribution >= 0.6 is 0 Å². The lowest BCUT2D eigenvalue weighted by Crippen LogP contribution is -2.45. The second kappa shape index (κ2) is 7.07. The van der Waals surface area contributed by atoms with E-state index in [9.17, 15) is 14.9 Å². The van der Waals surface area contributed by atoms with Crippen molar-refractivity contribution in [1.29, 1.82) is 0 Å². The Morgan fingerprint density at radius 3 is 2.92 bits per heavy atom. The molecule has 9 nitrogen and oxygen atoms in total. The minimum Gasteiger partial charge on any atom is -0.333 e. The van der Waals surface area contributed by atoms with Gasteiger partial charge in [0.25, 0.3) is 0 Å². The molecule has 1 aliphatic rings. The highest BCUT2D eigenvalue weighted by Gasteiger charge is 2.28. The summed E-state index contributed by atoms with van der Waals surface area (Å²) >= 11 is 0. The van der Waals surface area contributed by atoms with Crippen molar-refractivity contribution in [2.24, 2.45) is 0 Å². The van der Waals surface area contributed by atoms with Gasteiger partial charge in [0.05, 0.1) is 17.0 Å². The minimum absolute atomic E-state index is 0.0699. The van der Waals surface area contributed by atoms with Crippen LogP contribution in [-0.2, 0) is 0 Å². The summed E-state index contributed by atoms with van der Waals surface area (Å²) in [4.78, 5) is 26.4. The molecular formula is C15H18N6O3. The van der Waals surface area contributed by atoms with Crippen molar-refractivity contribution in [1.82, 2.24) is 20.1 Å². The predicted octanol–water partition coefficient (Wildman–Crippen LogP) is 2.49. The number of anilines is 1. The number of nitrogens with zero attached hydrogens (tertiary/aromatic N) is 4. The Morgan fingerprint density at radius 1 is 1.33 bits per heavy atom. The zero-order valence-corrected chi connectivity index (χ0v) is 13.0. The Balaban J connectivity index is 1.69. The summed E-state index contributed by atoms with van der Waals surface area (Å²) in [5.74, 6) is 0. The zero-order chi connectivity index (χ0) is 16.9. The number of amides is 2. The zero-order valence-electron chi connectivity index (χ0n) is 13.0. The fourth-order valence-corrected chi connectivity index (χ4v) is 3.04. The smallest absolute Gasteiger partial charge is 0.319 e. The number of urea groups is 1. The number of hydrogen-bond acceptors (Lipinski definition) is 5. The summed E-state index contributed by atoms with van der Waals surface area (Å²) in [5, 5.41) is 20.7. The molecule has 1 aliphatic carbocycles. The van der Waals surface area contributed by atoms with Gasteiger partial charge in [-0.1, -0.05) is 12.8 Å². The van der Waals surface area contributed by atoms with Gasteiger partial charge in [-0.3, -0.25) is 19.8 Å². The van der Waals surface area contributed by atoms with E-state index in [1.807, 2.05) is 16.9 Å². The average molecular weight is 330 g/mol. The lowest BCUT2D eigenvalue weighted by Gasteiger charge is -2.32. The lowest BCUT2D eigenvalue weighted by atomic mass is 9.90. The van der Waals surface area contributed by atoms with Crippen LogP contribution in [0.4, 0.5) is 16.2 Å². The monoisotopic (exact) mass is 330 g/mol. The molecule has 0 spiro atoms. The maximum absolute atomic E-state index is 12.3. The third kappa shape index (κ3) is 3.50. The molecule has 0 aliphatic heterocycles. The first kappa shape index (κ1) is 15.9. The summed E-state index contributed by atoms with van der Waals surface area (Å²) in [6.07, 6.45) is 10.00. The van der Waals surface area contributed by atoms with Gasteiger partial charge in [-0.05, 0) is 25.0 Å². The van der Waals surface area contributed by atoms with E-state index in [1.54, 1.807) is 6.20 Å². The molecule has 0 saturated heterocycles. The van der Waals surface area contributed by atoms with Crippen LogP contribution in [0.1, 0.15) is 31.7 Å². The first-order valence-corrected chi connectivity index (χ1v) is 7.80. The van der Waals surface area contributed by atoms with E-state index in [0.717, 1.165) is 31.9 Å². The number of carbonyl (C=O) groups excluding carboxylic acids is 1. The largest absolute Gasteiger partial charge is 0.333 e. The van der Waals surface area contributed by atoms with Crippen molar-refractivity contribution < 1.29 is 9.72 Å². The lowest BCUT2D eigenvalue weighted by molar-refractivity contribution is -0.384. The van der Waals surface area contributed by atoms with Gasteiger partial charge < -0.3 is 10.6 Å². The first-order chi connectivity index (χ1) is 11.6. The number of carbonyl (C=O) groups is 1. The molecule has 1 fully saturated rings. The van der Waals surface area contributed by atoms with Gasteiger partial charge in [-0.15, -0.1) is 0 Å². The Bertz CT molecular complexity index is 718. The third-order valence-electron chi connectivity index (χ3n) is 4.16. The molecule has 9 heteroatoms. The quantitative estimate of drug-likeness (QED) is 0.660. The van der Waals surface area contributed by atoms with Crippen LogP contribution in [0.3, 0.4) is 0 Å². The van der Waals surface area contributed by atoms with E-state index in [1.165, 1.54) is 12.3 Å². The van der Waals surface area contributed by atoms with Crippen molar-refractivity contribution in [3.05, 3.63) is 47.0 Å². The molecule has 0 bridgehead atoms. The highest BCUT2D eigenvalue weighted by molar-refractivity contribution is 5.91. The summed E-state index contributed by atoms with van der Waals surface area (Å²) in [5.41, 5.74) is -0.112. The van der Waals surface area contributed by atoms with Gasteiger partial charge in [0.1, 0.15) is 11.9 Å². The van der Waals surface area contributed by atoms with Crippen LogP contribution in [0.2, 0.25) is 0 Å². The Labute approximate surface area is 138 Å². The number of nitro groups is 1. The molecule has 1 saturated carbocycles. The Morgan fingerprint density at radius 2 is 2.17 bits per heavy atom. The van der Waals surface area contributed by atoms with Crippen LogP contribution < -0.4 is 10.6 Å². The molecule has 24 heavy (non-hydrogen) atoms. The SMILES string of the molecule is O=C(Nc1ccncc1[N+](=O)[O-])N[C@H]1CCCC[C@@H]1n1cccn1. The summed E-state index contributed by atoms with van der Waals surface area (Å²) in [7, 11) is 0. The maximum Gasteiger partial charge on any atom is 0.319 e. The fraction of sp³-hybridized carbons (Fsp3) is 0.400. The molecule has 0 radical (unpaired) electrons. The molecule has 2 aromatic heterocycles. The van der Waals surface area contributed by atoms with Gasteiger partial charge in [-0.2, -0.15) is 5.10 Å². The summed E-state index contributed by atoms with van der Waals surface area (Å²) in [6.45, 7) is 0.